The zero-order valence-corrected chi connectivity index (χ0v) is 10.5. The Balaban J connectivity index is 2.22. The van der Waals surface area contributed by atoms with Gasteiger partial charge in [0.1, 0.15) is 5.82 Å². The highest BCUT2D eigenvalue weighted by molar-refractivity contribution is 5.54. The molecule has 1 aliphatic heterocycles. The lowest BCUT2D eigenvalue weighted by molar-refractivity contribution is 0.234. The fraction of sp³-hybridized carbons (Fsp3) is 0.538. The Kier molecular flexibility index (Phi) is 3.64. The first-order chi connectivity index (χ1) is 8.11. The monoisotopic (exact) mass is 237 g/mol. The molecule has 0 aromatic heterocycles. The van der Waals surface area contributed by atoms with E-state index in [1.54, 1.807) is 6.07 Å². The van der Waals surface area contributed by atoms with Gasteiger partial charge in [-0.2, -0.15) is 0 Å². The molecule has 0 amide bonds. The van der Waals surface area contributed by atoms with E-state index in [9.17, 15) is 4.39 Å². The van der Waals surface area contributed by atoms with Gasteiger partial charge in [-0.3, -0.25) is 0 Å². The summed E-state index contributed by atoms with van der Waals surface area (Å²) in [4.78, 5) is 4.63. The molecule has 0 bridgehead atoms. The molecule has 2 N–H and O–H groups in total. The third-order valence-electron chi connectivity index (χ3n) is 3.56. The van der Waals surface area contributed by atoms with E-state index in [2.05, 4.69) is 23.8 Å². The summed E-state index contributed by atoms with van der Waals surface area (Å²) in [6.45, 7) is 5.56. The van der Waals surface area contributed by atoms with Gasteiger partial charge < -0.3 is 15.5 Å². The molecule has 1 fully saturated rings. The molecule has 2 rings (SSSR count). The first kappa shape index (κ1) is 12.3. The Morgan fingerprint density at radius 2 is 2.18 bits per heavy atom. The van der Waals surface area contributed by atoms with Crippen LogP contribution < -0.4 is 10.6 Å². The quantitative estimate of drug-likeness (QED) is 0.844. The highest BCUT2D eigenvalue weighted by Crippen LogP contribution is 2.23. The molecule has 0 aliphatic carbocycles. The molecule has 1 aromatic rings. The van der Waals surface area contributed by atoms with Crippen molar-refractivity contribution in [3.05, 3.63) is 29.6 Å². The number of benzene rings is 1. The normalized spacial score (nSPS) is 21.9. The summed E-state index contributed by atoms with van der Waals surface area (Å²) in [7, 11) is 2.14. The van der Waals surface area contributed by atoms with Crippen LogP contribution >= 0.6 is 0 Å². The number of likely N-dealkylation sites (N-methyl/N-ethyl adjacent to an activating group) is 1. The molecule has 1 saturated heterocycles. The molecule has 1 heterocycles. The lowest BCUT2D eigenvalue weighted by Crippen LogP contribution is -2.50. The number of hydrogen-bond donors (Lipinski definition) is 1. The number of hydrogen-bond acceptors (Lipinski definition) is 3. The molecule has 94 valence electrons. The van der Waals surface area contributed by atoms with Crippen LogP contribution in [-0.4, -0.2) is 37.6 Å². The van der Waals surface area contributed by atoms with Crippen molar-refractivity contribution in [2.45, 2.75) is 19.5 Å². The van der Waals surface area contributed by atoms with Crippen LogP contribution in [0.2, 0.25) is 0 Å². The van der Waals surface area contributed by atoms with E-state index in [0.29, 0.717) is 12.6 Å². The number of piperazine rings is 1. The van der Waals surface area contributed by atoms with E-state index in [-0.39, 0.29) is 5.82 Å². The number of nitrogens with zero attached hydrogens (tertiary/aromatic N) is 2. The maximum Gasteiger partial charge on any atom is 0.123 e. The minimum atomic E-state index is -0.212. The van der Waals surface area contributed by atoms with Crippen LogP contribution in [0.1, 0.15) is 12.5 Å². The first-order valence-corrected chi connectivity index (χ1v) is 6.05. The summed E-state index contributed by atoms with van der Waals surface area (Å²) in [6, 6.07) is 5.41. The van der Waals surface area contributed by atoms with Gasteiger partial charge >= 0.3 is 0 Å². The second kappa shape index (κ2) is 5.02. The van der Waals surface area contributed by atoms with Crippen molar-refractivity contribution in [1.82, 2.24) is 4.90 Å². The Morgan fingerprint density at radius 3 is 2.82 bits per heavy atom. The molecule has 17 heavy (non-hydrogen) atoms. The summed E-state index contributed by atoms with van der Waals surface area (Å²) >= 11 is 0. The van der Waals surface area contributed by atoms with Crippen LogP contribution in [0.15, 0.2) is 18.2 Å². The lowest BCUT2D eigenvalue weighted by atomic mass is 10.1. The second-order valence-corrected chi connectivity index (χ2v) is 4.75. The smallest absolute Gasteiger partial charge is 0.123 e. The Morgan fingerprint density at radius 1 is 1.41 bits per heavy atom. The Hall–Kier alpha value is -1.13. The zero-order valence-electron chi connectivity index (χ0n) is 10.5. The third-order valence-corrected chi connectivity index (χ3v) is 3.56. The van der Waals surface area contributed by atoms with Gasteiger partial charge in [0.2, 0.25) is 0 Å². The van der Waals surface area contributed by atoms with Crippen molar-refractivity contribution >= 4 is 5.69 Å². The predicted molar refractivity (Wildman–Crippen MR) is 68.6 cm³/mol. The van der Waals surface area contributed by atoms with Gasteiger partial charge in [0.05, 0.1) is 0 Å². The lowest BCUT2D eigenvalue weighted by Gasteiger charge is -2.39. The van der Waals surface area contributed by atoms with Gasteiger partial charge in [0.15, 0.2) is 0 Å². The molecule has 4 heteroatoms. The fourth-order valence-corrected chi connectivity index (χ4v) is 2.29. The maximum absolute atomic E-state index is 13.2. The largest absolute Gasteiger partial charge is 0.368 e. The first-order valence-electron chi connectivity index (χ1n) is 6.05. The summed E-state index contributed by atoms with van der Waals surface area (Å²) in [5.74, 6) is -0.212. The van der Waals surface area contributed by atoms with Crippen LogP contribution in [0, 0.1) is 5.82 Å². The molecule has 0 spiro atoms. The minimum absolute atomic E-state index is 0.212. The molecule has 1 unspecified atom stereocenters. The van der Waals surface area contributed by atoms with E-state index in [1.165, 1.54) is 6.07 Å². The van der Waals surface area contributed by atoms with Gasteiger partial charge in [0.25, 0.3) is 0 Å². The molecule has 3 nitrogen and oxygen atoms in total. The molecular weight excluding hydrogens is 217 g/mol. The topological polar surface area (TPSA) is 32.5 Å². The van der Waals surface area contributed by atoms with E-state index >= 15 is 0 Å². The molecule has 1 aromatic carbocycles. The van der Waals surface area contributed by atoms with Crippen molar-refractivity contribution < 1.29 is 4.39 Å². The Labute approximate surface area is 102 Å². The van der Waals surface area contributed by atoms with Crippen molar-refractivity contribution in [3.8, 4) is 0 Å². The van der Waals surface area contributed by atoms with E-state index in [1.807, 2.05) is 6.07 Å². The van der Waals surface area contributed by atoms with E-state index in [0.717, 1.165) is 30.9 Å². The Bertz CT molecular complexity index is 394. The highest BCUT2D eigenvalue weighted by atomic mass is 19.1. The van der Waals surface area contributed by atoms with Crippen molar-refractivity contribution in [3.63, 3.8) is 0 Å². The summed E-state index contributed by atoms with van der Waals surface area (Å²) < 4.78 is 13.2. The molecular formula is C13H20FN3. The van der Waals surface area contributed by atoms with Crippen molar-refractivity contribution in [2.75, 3.05) is 31.6 Å². The molecule has 1 atom stereocenters. The number of nitrogens with two attached hydrogens (primary N) is 1. The van der Waals surface area contributed by atoms with Gasteiger partial charge in [-0.15, -0.1) is 0 Å². The number of rotatable bonds is 2. The van der Waals surface area contributed by atoms with E-state index < -0.39 is 0 Å². The van der Waals surface area contributed by atoms with Crippen LogP contribution in [0.3, 0.4) is 0 Å². The van der Waals surface area contributed by atoms with Gasteiger partial charge in [-0.05, 0) is 37.7 Å². The second-order valence-electron chi connectivity index (χ2n) is 4.75. The van der Waals surface area contributed by atoms with Crippen molar-refractivity contribution in [2.24, 2.45) is 5.73 Å². The average Bonchev–Trinajstić information content (AvgIpc) is 2.32. The highest BCUT2D eigenvalue weighted by Gasteiger charge is 2.22. The number of halogens is 1. The van der Waals surface area contributed by atoms with Gasteiger partial charge in [-0.25, -0.2) is 4.39 Å². The maximum atomic E-state index is 13.2. The van der Waals surface area contributed by atoms with Crippen LogP contribution in [0.4, 0.5) is 10.1 Å². The predicted octanol–water partition coefficient (Wildman–Crippen LogP) is 1.42. The molecule has 0 saturated carbocycles. The molecule has 0 radical (unpaired) electrons. The van der Waals surface area contributed by atoms with E-state index in [4.69, 9.17) is 5.73 Å². The standard InChI is InChI=1S/C13H20FN3/c1-10-9-17(6-5-16(10)2)13-4-3-12(14)7-11(13)8-15/h3-4,7,10H,5-6,8-9,15H2,1-2H3. The average molecular weight is 237 g/mol. The third kappa shape index (κ3) is 2.58. The minimum Gasteiger partial charge on any atom is -0.368 e. The fourth-order valence-electron chi connectivity index (χ4n) is 2.29. The summed E-state index contributed by atoms with van der Waals surface area (Å²) in [6.07, 6.45) is 0. The number of anilines is 1. The van der Waals surface area contributed by atoms with Crippen LogP contribution in [-0.2, 0) is 6.54 Å². The van der Waals surface area contributed by atoms with Crippen LogP contribution in [0.25, 0.3) is 0 Å². The van der Waals surface area contributed by atoms with Gasteiger partial charge in [-0.1, -0.05) is 0 Å². The summed E-state index contributed by atoms with van der Waals surface area (Å²) in [5.41, 5.74) is 7.65. The molecule has 1 aliphatic rings. The van der Waals surface area contributed by atoms with Crippen molar-refractivity contribution in [1.29, 1.82) is 0 Å². The van der Waals surface area contributed by atoms with Crippen LogP contribution in [0.5, 0.6) is 0 Å². The van der Waals surface area contributed by atoms with Gasteiger partial charge in [0, 0.05) is 37.9 Å². The summed E-state index contributed by atoms with van der Waals surface area (Å²) in [5, 5.41) is 0. The SMILES string of the molecule is CC1CN(c2ccc(F)cc2CN)CCN1C. The zero-order chi connectivity index (χ0) is 12.4.